The van der Waals surface area contributed by atoms with Crippen LogP contribution in [0, 0.1) is 11.6 Å². The van der Waals surface area contributed by atoms with E-state index in [0.717, 1.165) is 12.1 Å². The zero-order valence-corrected chi connectivity index (χ0v) is 13.2. The standard InChI is InChI=1S/C15H21F2N3O2/c1-15(2,3)19-13(22)9-20(4)8-12(21)18-14-10(16)6-5-7-11(14)17/h5-7H,8-9H2,1-4H3,(H,18,21)(H,19,22)/p+1. The summed E-state index contributed by atoms with van der Waals surface area (Å²) in [5.41, 5.74) is -0.824. The Morgan fingerprint density at radius 1 is 1.09 bits per heavy atom. The van der Waals surface area contributed by atoms with E-state index in [9.17, 15) is 18.4 Å². The van der Waals surface area contributed by atoms with Gasteiger partial charge in [-0.15, -0.1) is 0 Å². The van der Waals surface area contributed by atoms with E-state index in [-0.39, 0.29) is 24.5 Å². The summed E-state index contributed by atoms with van der Waals surface area (Å²) >= 11 is 0. The number of rotatable bonds is 5. The molecule has 0 radical (unpaired) electrons. The van der Waals surface area contributed by atoms with Crippen LogP contribution in [0.15, 0.2) is 18.2 Å². The van der Waals surface area contributed by atoms with Crippen LogP contribution < -0.4 is 15.5 Å². The third kappa shape index (κ3) is 6.17. The van der Waals surface area contributed by atoms with Gasteiger partial charge >= 0.3 is 0 Å². The van der Waals surface area contributed by atoms with E-state index in [1.165, 1.54) is 6.07 Å². The Morgan fingerprint density at radius 3 is 2.09 bits per heavy atom. The summed E-state index contributed by atoms with van der Waals surface area (Å²) in [6, 6.07) is 3.34. The smallest absolute Gasteiger partial charge is 0.279 e. The second-order valence-electron chi connectivity index (χ2n) is 6.25. The molecule has 1 aromatic carbocycles. The molecule has 0 saturated carbocycles. The summed E-state index contributed by atoms with van der Waals surface area (Å²) in [7, 11) is 1.65. The molecule has 1 atom stereocenters. The minimum atomic E-state index is -0.837. The van der Waals surface area contributed by atoms with Crippen LogP contribution in [0.5, 0.6) is 0 Å². The van der Waals surface area contributed by atoms with Crippen LogP contribution in [0.1, 0.15) is 20.8 Å². The van der Waals surface area contributed by atoms with Crippen molar-refractivity contribution in [3.63, 3.8) is 0 Å². The van der Waals surface area contributed by atoms with Gasteiger partial charge < -0.3 is 15.5 Å². The van der Waals surface area contributed by atoms with Gasteiger partial charge in [-0.3, -0.25) is 9.59 Å². The van der Waals surface area contributed by atoms with Crippen molar-refractivity contribution in [2.75, 3.05) is 25.5 Å². The molecule has 1 aromatic rings. The fourth-order valence-corrected chi connectivity index (χ4v) is 1.87. The Hall–Kier alpha value is -2.02. The van der Waals surface area contributed by atoms with Gasteiger partial charge in [-0.2, -0.15) is 0 Å². The summed E-state index contributed by atoms with van der Waals surface area (Å²) in [6.07, 6.45) is 0. The Morgan fingerprint density at radius 2 is 1.59 bits per heavy atom. The Labute approximate surface area is 128 Å². The zero-order valence-electron chi connectivity index (χ0n) is 13.2. The minimum Gasteiger partial charge on any atom is -0.347 e. The maximum Gasteiger partial charge on any atom is 0.279 e. The van der Waals surface area contributed by atoms with Gasteiger partial charge in [0.05, 0.1) is 7.05 Å². The highest BCUT2D eigenvalue weighted by molar-refractivity contribution is 5.91. The highest BCUT2D eigenvalue weighted by Crippen LogP contribution is 2.17. The molecule has 3 N–H and O–H groups in total. The van der Waals surface area contributed by atoms with E-state index in [0.29, 0.717) is 4.90 Å². The fourth-order valence-electron chi connectivity index (χ4n) is 1.87. The third-order valence-corrected chi connectivity index (χ3v) is 2.67. The predicted octanol–water partition coefficient (Wildman–Crippen LogP) is 0.333. The number of hydrogen-bond acceptors (Lipinski definition) is 2. The monoisotopic (exact) mass is 314 g/mol. The lowest BCUT2D eigenvalue weighted by molar-refractivity contribution is -0.862. The van der Waals surface area contributed by atoms with E-state index in [4.69, 9.17) is 0 Å². The number of benzene rings is 1. The molecule has 1 unspecified atom stereocenters. The van der Waals surface area contributed by atoms with Crippen molar-refractivity contribution in [2.45, 2.75) is 26.3 Å². The molecule has 22 heavy (non-hydrogen) atoms. The first-order valence-corrected chi connectivity index (χ1v) is 6.94. The number of anilines is 1. The molecular formula is C15H22F2N3O2+. The number of likely N-dealkylation sites (N-methyl/N-ethyl adjacent to an activating group) is 1. The van der Waals surface area contributed by atoms with Crippen LogP contribution in [0.4, 0.5) is 14.5 Å². The molecular weight excluding hydrogens is 292 g/mol. The molecule has 122 valence electrons. The summed E-state index contributed by atoms with van der Waals surface area (Å²) in [4.78, 5) is 24.1. The van der Waals surface area contributed by atoms with Crippen molar-refractivity contribution in [2.24, 2.45) is 0 Å². The van der Waals surface area contributed by atoms with Crippen LogP contribution in [0.3, 0.4) is 0 Å². The number of para-hydroxylation sites is 1. The number of carbonyl (C=O) groups is 2. The maximum atomic E-state index is 13.4. The second kappa shape index (κ2) is 7.31. The normalized spacial score (nSPS) is 12.6. The van der Waals surface area contributed by atoms with Crippen molar-refractivity contribution >= 4 is 17.5 Å². The average Bonchev–Trinajstić information content (AvgIpc) is 2.31. The highest BCUT2D eigenvalue weighted by atomic mass is 19.1. The van der Waals surface area contributed by atoms with E-state index >= 15 is 0 Å². The van der Waals surface area contributed by atoms with Crippen LogP contribution in [0.25, 0.3) is 0 Å². The van der Waals surface area contributed by atoms with Gasteiger partial charge in [0.15, 0.2) is 13.1 Å². The summed E-state index contributed by atoms with van der Waals surface area (Å²) in [6.45, 7) is 5.57. The highest BCUT2D eigenvalue weighted by Gasteiger charge is 2.20. The first kappa shape index (κ1) is 18.0. The lowest BCUT2D eigenvalue weighted by atomic mass is 10.1. The molecule has 2 amide bonds. The molecule has 0 bridgehead atoms. The van der Waals surface area contributed by atoms with Crippen molar-refractivity contribution in [1.82, 2.24) is 5.32 Å². The quantitative estimate of drug-likeness (QED) is 0.734. The van der Waals surface area contributed by atoms with Crippen LogP contribution >= 0.6 is 0 Å². The van der Waals surface area contributed by atoms with Crippen LogP contribution in [-0.2, 0) is 9.59 Å². The molecule has 0 aliphatic heterocycles. The van der Waals surface area contributed by atoms with Crippen LogP contribution in [0.2, 0.25) is 0 Å². The molecule has 0 saturated heterocycles. The van der Waals surface area contributed by atoms with Gasteiger partial charge in [-0.05, 0) is 32.9 Å². The Balaban J connectivity index is 2.53. The van der Waals surface area contributed by atoms with E-state index in [2.05, 4.69) is 10.6 Å². The Bertz CT molecular complexity index is 536. The molecule has 5 nitrogen and oxygen atoms in total. The lowest BCUT2D eigenvalue weighted by Crippen LogP contribution is -3.11. The number of carbonyl (C=O) groups excluding carboxylic acids is 2. The van der Waals surface area contributed by atoms with Gasteiger partial charge in [-0.1, -0.05) is 6.07 Å². The van der Waals surface area contributed by atoms with E-state index in [1.807, 2.05) is 20.8 Å². The van der Waals surface area contributed by atoms with Crippen molar-refractivity contribution < 1.29 is 23.3 Å². The summed E-state index contributed by atoms with van der Waals surface area (Å²) in [5, 5.41) is 4.97. The van der Waals surface area contributed by atoms with Gasteiger partial charge in [0.25, 0.3) is 11.8 Å². The predicted molar refractivity (Wildman–Crippen MR) is 79.5 cm³/mol. The topological polar surface area (TPSA) is 62.6 Å². The SMILES string of the molecule is C[NH+](CC(=O)Nc1c(F)cccc1F)CC(=O)NC(C)(C)C. The summed E-state index contributed by atoms with van der Waals surface area (Å²) < 4.78 is 26.8. The van der Waals surface area contributed by atoms with Gasteiger partial charge in [0.1, 0.15) is 17.3 Å². The molecule has 0 aromatic heterocycles. The molecule has 0 aliphatic rings. The van der Waals surface area contributed by atoms with Crippen molar-refractivity contribution in [3.05, 3.63) is 29.8 Å². The van der Waals surface area contributed by atoms with Crippen LogP contribution in [-0.4, -0.2) is 37.5 Å². The first-order valence-electron chi connectivity index (χ1n) is 6.94. The number of hydrogen-bond donors (Lipinski definition) is 3. The summed E-state index contributed by atoms with van der Waals surface area (Å²) in [5.74, 6) is -2.44. The molecule has 0 aliphatic carbocycles. The largest absolute Gasteiger partial charge is 0.347 e. The maximum absolute atomic E-state index is 13.4. The van der Waals surface area contributed by atoms with Gasteiger partial charge in [-0.25, -0.2) is 8.78 Å². The second-order valence-corrected chi connectivity index (χ2v) is 6.25. The van der Waals surface area contributed by atoms with E-state index in [1.54, 1.807) is 7.05 Å². The number of quaternary nitrogens is 1. The van der Waals surface area contributed by atoms with E-state index < -0.39 is 23.2 Å². The van der Waals surface area contributed by atoms with Crippen molar-refractivity contribution in [1.29, 1.82) is 0 Å². The van der Waals surface area contributed by atoms with Crippen molar-refractivity contribution in [3.8, 4) is 0 Å². The number of amides is 2. The average molecular weight is 314 g/mol. The lowest BCUT2D eigenvalue weighted by Gasteiger charge is -2.21. The first-order chi connectivity index (χ1) is 10.1. The fraction of sp³-hybridized carbons (Fsp3) is 0.467. The zero-order chi connectivity index (χ0) is 16.9. The molecule has 0 spiro atoms. The molecule has 7 heteroatoms. The molecule has 0 fully saturated rings. The molecule has 0 heterocycles. The Kier molecular flexibility index (Phi) is 5.99. The molecule has 1 rings (SSSR count). The minimum absolute atomic E-state index is 0.0780. The van der Waals surface area contributed by atoms with Gasteiger partial charge in [0.2, 0.25) is 0 Å². The van der Waals surface area contributed by atoms with Gasteiger partial charge in [0, 0.05) is 5.54 Å². The third-order valence-electron chi connectivity index (χ3n) is 2.67. The number of halogens is 2. The number of nitrogens with one attached hydrogen (secondary N) is 3.